The van der Waals surface area contributed by atoms with Crippen molar-refractivity contribution in [2.24, 2.45) is 5.73 Å². The molecule has 3 N–H and O–H groups in total. The second-order valence-corrected chi connectivity index (χ2v) is 4.24. The number of rotatable bonds is 3. The fourth-order valence-corrected chi connectivity index (χ4v) is 2.26. The number of fused-ring (bicyclic) bond motifs is 2. The minimum absolute atomic E-state index is 0.0337. The predicted molar refractivity (Wildman–Crippen MR) is 52.7 cm³/mol. The van der Waals surface area contributed by atoms with Crippen LogP contribution in [0.5, 0.6) is 0 Å². The molecule has 2 fully saturated rings. The van der Waals surface area contributed by atoms with E-state index in [1.807, 2.05) is 6.92 Å². The van der Waals surface area contributed by atoms with E-state index in [4.69, 9.17) is 10.5 Å². The van der Waals surface area contributed by atoms with Crippen molar-refractivity contribution in [1.29, 1.82) is 0 Å². The molecular weight excluding hydrogens is 180 g/mol. The molecular formula is C10H18N2O2. The molecule has 4 nitrogen and oxygen atoms in total. The van der Waals surface area contributed by atoms with Crippen LogP contribution in [0, 0.1) is 0 Å². The van der Waals surface area contributed by atoms with Gasteiger partial charge in [0.15, 0.2) is 0 Å². The molecule has 0 spiro atoms. The van der Waals surface area contributed by atoms with Gasteiger partial charge in [-0.15, -0.1) is 0 Å². The second-order valence-electron chi connectivity index (χ2n) is 4.24. The van der Waals surface area contributed by atoms with Crippen LogP contribution in [0.25, 0.3) is 0 Å². The lowest BCUT2D eigenvalue weighted by molar-refractivity contribution is -0.123. The van der Waals surface area contributed by atoms with E-state index in [2.05, 4.69) is 5.32 Å². The number of carbonyl (C=O) groups excluding carboxylic acids is 1. The molecule has 0 unspecified atom stereocenters. The number of hydrogen-bond acceptors (Lipinski definition) is 3. The van der Waals surface area contributed by atoms with Crippen LogP contribution in [-0.4, -0.2) is 30.2 Å². The molecule has 0 aliphatic carbocycles. The second kappa shape index (κ2) is 3.87. The van der Waals surface area contributed by atoms with Gasteiger partial charge in [0.05, 0.1) is 24.3 Å². The van der Waals surface area contributed by atoms with Crippen LogP contribution in [0.2, 0.25) is 0 Å². The van der Waals surface area contributed by atoms with Crippen molar-refractivity contribution in [3.63, 3.8) is 0 Å². The largest absolute Gasteiger partial charge is 0.373 e. The van der Waals surface area contributed by atoms with Gasteiger partial charge in [-0.3, -0.25) is 4.79 Å². The third kappa shape index (κ3) is 1.77. The zero-order valence-electron chi connectivity index (χ0n) is 8.53. The highest BCUT2D eigenvalue weighted by Crippen LogP contribution is 2.34. The van der Waals surface area contributed by atoms with Gasteiger partial charge < -0.3 is 15.8 Å². The molecule has 4 heteroatoms. The smallest absolute Gasteiger partial charge is 0.237 e. The summed E-state index contributed by atoms with van der Waals surface area (Å²) in [5, 5.41) is 2.97. The van der Waals surface area contributed by atoms with Gasteiger partial charge in [0.2, 0.25) is 5.91 Å². The van der Waals surface area contributed by atoms with Crippen LogP contribution >= 0.6 is 0 Å². The minimum Gasteiger partial charge on any atom is -0.373 e. The summed E-state index contributed by atoms with van der Waals surface area (Å²) in [6.07, 6.45) is 4.50. The summed E-state index contributed by atoms with van der Waals surface area (Å²) in [5.41, 5.74) is 5.64. The lowest BCUT2D eigenvalue weighted by atomic mass is 9.95. The van der Waals surface area contributed by atoms with Crippen LogP contribution in [0.15, 0.2) is 0 Å². The molecule has 0 radical (unpaired) electrons. The lowest BCUT2D eigenvalue weighted by Crippen LogP contribution is -2.48. The Kier molecular flexibility index (Phi) is 2.74. The molecule has 0 aromatic heterocycles. The first-order valence-electron chi connectivity index (χ1n) is 5.42. The average Bonchev–Trinajstić information content (AvgIpc) is 2.77. The van der Waals surface area contributed by atoms with Gasteiger partial charge in [0.1, 0.15) is 0 Å². The van der Waals surface area contributed by atoms with Crippen molar-refractivity contribution < 1.29 is 9.53 Å². The van der Waals surface area contributed by atoms with Crippen molar-refractivity contribution in [1.82, 2.24) is 5.32 Å². The van der Waals surface area contributed by atoms with Gasteiger partial charge >= 0.3 is 0 Å². The third-order valence-electron chi connectivity index (χ3n) is 3.21. The van der Waals surface area contributed by atoms with Gasteiger partial charge in [-0.05, 0) is 25.7 Å². The van der Waals surface area contributed by atoms with E-state index in [9.17, 15) is 4.79 Å². The van der Waals surface area contributed by atoms with Gasteiger partial charge in [0, 0.05) is 0 Å². The summed E-state index contributed by atoms with van der Waals surface area (Å²) in [6.45, 7) is 1.92. The van der Waals surface area contributed by atoms with Crippen LogP contribution in [0.1, 0.15) is 32.6 Å². The highest BCUT2D eigenvalue weighted by Gasteiger charge is 2.41. The predicted octanol–water partition coefficient (Wildman–Crippen LogP) is 0.160. The molecule has 4 atom stereocenters. The SMILES string of the molecule is CC[C@H](N)C(=O)N[C@@H]1C[C@H]2CC[C@@H]1O2. The highest BCUT2D eigenvalue weighted by molar-refractivity contribution is 5.81. The van der Waals surface area contributed by atoms with Gasteiger partial charge in [-0.2, -0.15) is 0 Å². The van der Waals surface area contributed by atoms with Gasteiger partial charge in [-0.25, -0.2) is 0 Å². The molecule has 0 aromatic carbocycles. The summed E-state index contributed by atoms with van der Waals surface area (Å²) in [7, 11) is 0. The molecule has 2 saturated heterocycles. The van der Waals surface area contributed by atoms with Crippen LogP contribution in [0.4, 0.5) is 0 Å². The highest BCUT2D eigenvalue weighted by atomic mass is 16.5. The van der Waals surface area contributed by atoms with Crippen LogP contribution in [0.3, 0.4) is 0 Å². The monoisotopic (exact) mass is 198 g/mol. The summed E-state index contributed by atoms with van der Waals surface area (Å²) >= 11 is 0. The topological polar surface area (TPSA) is 64.4 Å². The van der Waals surface area contributed by atoms with Crippen molar-refractivity contribution in [2.45, 2.75) is 56.9 Å². The Morgan fingerprint density at radius 1 is 1.64 bits per heavy atom. The van der Waals surface area contributed by atoms with E-state index >= 15 is 0 Å². The van der Waals surface area contributed by atoms with Crippen LogP contribution in [-0.2, 0) is 9.53 Å². The Hall–Kier alpha value is -0.610. The van der Waals surface area contributed by atoms with E-state index in [0.29, 0.717) is 12.5 Å². The number of carbonyl (C=O) groups is 1. The Labute approximate surface area is 84.2 Å². The standard InChI is InChI=1S/C10H18N2O2/c1-2-7(11)10(13)12-8-5-6-3-4-9(8)14-6/h6-9H,2-5,11H2,1H3,(H,12,13)/t6-,7+,8-,9+/m1/s1. The van der Waals surface area contributed by atoms with Crippen molar-refractivity contribution in [2.75, 3.05) is 0 Å². The van der Waals surface area contributed by atoms with E-state index in [1.165, 1.54) is 0 Å². The van der Waals surface area contributed by atoms with E-state index < -0.39 is 0 Å². The molecule has 80 valence electrons. The van der Waals surface area contributed by atoms with Gasteiger partial charge in [0.25, 0.3) is 0 Å². The Bertz CT molecular complexity index is 232. The Morgan fingerprint density at radius 3 is 2.93 bits per heavy atom. The molecule has 2 aliphatic rings. The molecule has 2 rings (SSSR count). The van der Waals surface area contributed by atoms with Crippen molar-refractivity contribution in [3.8, 4) is 0 Å². The number of amides is 1. The van der Waals surface area contributed by atoms with Crippen molar-refractivity contribution >= 4 is 5.91 Å². The van der Waals surface area contributed by atoms with Gasteiger partial charge in [-0.1, -0.05) is 6.92 Å². The molecule has 2 bridgehead atoms. The number of hydrogen-bond donors (Lipinski definition) is 2. The summed E-state index contributed by atoms with van der Waals surface area (Å²) < 4.78 is 5.64. The number of nitrogens with two attached hydrogens (primary N) is 1. The fourth-order valence-electron chi connectivity index (χ4n) is 2.26. The Morgan fingerprint density at radius 2 is 2.43 bits per heavy atom. The van der Waals surface area contributed by atoms with E-state index in [-0.39, 0.29) is 24.1 Å². The Balaban J connectivity index is 1.84. The molecule has 14 heavy (non-hydrogen) atoms. The summed E-state index contributed by atoms with van der Waals surface area (Å²) in [4.78, 5) is 11.5. The number of nitrogens with one attached hydrogen (secondary N) is 1. The van der Waals surface area contributed by atoms with E-state index in [0.717, 1.165) is 19.3 Å². The zero-order chi connectivity index (χ0) is 10.1. The average molecular weight is 198 g/mol. The van der Waals surface area contributed by atoms with E-state index in [1.54, 1.807) is 0 Å². The normalized spacial score (nSPS) is 37.1. The molecule has 2 aliphatic heterocycles. The fraction of sp³-hybridized carbons (Fsp3) is 0.900. The molecule has 1 amide bonds. The number of ether oxygens (including phenoxy) is 1. The third-order valence-corrected chi connectivity index (χ3v) is 3.21. The first-order chi connectivity index (χ1) is 6.70. The quantitative estimate of drug-likeness (QED) is 0.679. The maximum atomic E-state index is 11.5. The van der Waals surface area contributed by atoms with Crippen LogP contribution < -0.4 is 11.1 Å². The maximum absolute atomic E-state index is 11.5. The summed E-state index contributed by atoms with van der Waals surface area (Å²) in [5.74, 6) is -0.0337. The maximum Gasteiger partial charge on any atom is 0.237 e. The zero-order valence-corrected chi connectivity index (χ0v) is 8.53. The molecule has 0 saturated carbocycles. The van der Waals surface area contributed by atoms with Crippen molar-refractivity contribution in [3.05, 3.63) is 0 Å². The lowest BCUT2D eigenvalue weighted by Gasteiger charge is -2.21. The summed E-state index contributed by atoms with van der Waals surface area (Å²) in [6, 6.07) is -0.159. The molecule has 0 aromatic rings. The first-order valence-corrected chi connectivity index (χ1v) is 5.42. The first kappa shape index (κ1) is 9.93. The minimum atomic E-state index is -0.367. The molecule has 2 heterocycles.